The van der Waals surface area contributed by atoms with E-state index in [-0.39, 0.29) is 22.0 Å². The minimum absolute atomic E-state index is 0.0201. The number of carbonyl (C=O) groups excluding carboxylic acids is 1. The van der Waals surface area contributed by atoms with Crippen LogP contribution in [-0.4, -0.2) is 16.0 Å². The maximum absolute atomic E-state index is 13.1. The van der Waals surface area contributed by atoms with Gasteiger partial charge in [-0.2, -0.15) is 0 Å². The molecular weight excluding hydrogens is 378 g/mol. The summed E-state index contributed by atoms with van der Waals surface area (Å²) < 4.78 is 6.29. The molecule has 5 rings (SSSR count). The third-order valence-corrected chi connectivity index (χ3v) is 8.75. The van der Waals surface area contributed by atoms with Crippen molar-refractivity contribution in [3.8, 4) is 22.6 Å². The fourth-order valence-electron chi connectivity index (χ4n) is 5.21. The highest BCUT2D eigenvalue weighted by Crippen LogP contribution is 2.67. The SMILES string of the molecule is CC1(C)[C@H]2CC[C@@]1(C)[C@@H](Sc1nc(-c3ccccc3)c(-c3ccccc3)o1)C2=O. The van der Waals surface area contributed by atoms with E-state index in [0.717, 1.165) is 35.4 Å². The van der Waals surface area contributed by atoms with Crippen molar-refractivity contribution in [3.05, 3.63) is 60.7 Å². The van der Waals surface area contributed by atoms with Crippen molar-refractivity contribution >= 4 is 17.5 Å². The summed E-state index contributed by atoms with van der Waals surface area (Å²) in [4.78, 5) is 18.0. The molecule has 0 N–H and O–H groups in total. The number of thioether (sulfide) groups is 1. The lowest BCUT2D eigenvalue weighted by Gasteiger charge is -2.37. The number of Topliss-reactive ketones (excluding diaryl/α,β-unsaturated/α-hetero) is 1. The Labute approximate surface area is 175 Å². The van der Waals surface area contributed by atoms with E-state index < -0.39 is 0 Å². The highest BCUT2D eigenvalue weighted by molar-refractivity contribution is 8.00. The van der Waals surface area contributed by atoms with Gasteiger partial charge < -0.3 is 4.42 Å². The van der Waals surface area contributed by atoms with Crippen molar-refractivity contribution < 1.29 is 9.21 Å². The Morgan fingerprint density at radius 3 is 2.17 bits per heavy atom. The van der Waals surface area contributed by atoms with Gasteiger partial charge in [-0.25, -0.2) is 4.98 Å². The third-order valence-electron chi connectivity index (χ3n) is 7.39. The molecule has 0 amide bonds. The van der Waals surface area contributed by atoms with Crippen LogP contribution in [0.15, 0.2) is 70.3 Å². The van der Waals surface area contributed by atoms with Gasteiger partial charge >= 0.3 is 0 Å². The number of carbonyl (C=O) groups is 1. The average molecular weight is 404 g/mol. The molecule has 3 atom stereocenters. The van der Waals surface area contributed by atoms with Gasteiger partial charge in [0.15, 0.2) is 11.5 Å². The Bertz CT molecular complexity index is 1000. The summed E-state index contributed by atoms with van der Waals surface area (Å²) in [6.07, 6.45) is 2.10. The van der Waals surface area contributed by atoms with Crippen LogP contribution in [-0.2, 0) is 4.79 Å². The van der Waals surface area contributed by atoms with Gasteiger partial charge in [0, 0.05) is 17.0 Å². The van der Waals surface area contributed by atoms with E-state index in [0.29, 0.717) is 11.0 Å². The number of hydrogen-bond donors (Lipinski definition) is 0. The van der Waals surface area contributed by atoms with E-state index in [1.165, 1.54) is 11.8 Å². The minimum Gasteiger partial charge on any atom is -0.431 e. The van der Waals surface area contributed by atoms with Crippen LogP contribution < -0.4 is 0 Å². The summed E-state index contributed by atoms with van der Waals surface area (Å²) in [7, 11) is 0. The summed E-state index contributed by atoms with van der Waals surface area (Å²) in [5.41, 5.74) is 2.86. The molecule has 4 heteroatoms. The van der Waals surface area contributed by atoms with E-state index in [1.54, 1.807) is 0 Å². The fourth-order valence-corrected chi connectivity index (χ4v) is 6.64. The zero-order valence-corrected chi connectivity index (χ0v) is 17.8. The Morgan fingerprint density at radius 1 is 0.966 bits per heavy atom. The molecule has 29 heavy (non-hydrogen) atoms. The van der Waals surface area contributed by atoms with Gasteiger partial charge in [0.25, 0.3) is 5.22 Å². The Kier molecular flexibility index (Phi) is 4.25. The maximum atomic E-state index is 13.1. The standard InChI is InChI=1S/C25H25NO2S/c1-24(2)18-14-15-25(24,3)22(20(18)27)29-23-26-19(16-10-6-4-7-11-16)21(28-23)17-12-8-5-9-13-17/h4-13,18,22H,14-15H2,1-3H3/t18-,22-,25-/m0/s1. The maximum Gasteiger partial charge on any atom is 0.257 e. The zero-order chi connectivity index (χ0) is 20.2. The van der Waals surface area contributed by atoms with E-state index in [4.69, 9.17) is 9.40 Å². The molecule has 2 aromatic carbocycles. The van der Waals surface area contributed by atoms with Gasteiger partial charge in [-0.1, -0.05) is 93.2 Å². The summed E-state index contributed by atoms with van der Waals surface area (Å²) >= 11 is 1.52. The number of ketones is 1. The lowest BCUT2D eigenvalue weighted by Crippen LogP contribution is -2.35. The van der Waals surface area contributed by atoms with Crippen LogP contribution >= 0.6 is 11.8 Å². The molecule has 0 radical (unpaired) electrons. The zero-order valence-electron chi connectivity index (χ0n) is 17.0. The van der Waals surface area contributed by atoms with Crippen molar-refractivity contribution in [2.75, 3.05) is 0 Å². The Morgan fingerprint density at radius 2 is 1.59 bits per heavy atom. The first-order chi connectivity index (χ1) is 13.9. The Balaban J connectivity index is 1.56. The van der Waals surface area contributed by atoms with Gasteiger partial charge in [0.2, 0.25) is 0 Å². The molecule has 2 aliphatic rings. The first-order valence-electron chi connectivity index (χ1n) is 10.2. The first-order valence-corrected chi connectivity index (χ1v) is 11.1. The number of oxazole rings is 1. The van der Waals surface area contributed by atoms with Crippen LogP contribution in [0.4, 0.5) is 0 Å². The van der Waals surface area contributed by atoms with Crippen LogP contribution in [0.5, 0.6) is 0 Å². The van der Waals surface area contributed by atoms with Crippen molar-refractivity contribution in [1.82, 2.24) is 4.98 Å². The summed E-state index contributed by atoms with van der Waals surface area (Å²) in [6, 6.07) is 20.2. The van der Waals surface area contributed by atoms with Crippen LogP contribution in [0.25, 0.3) is 22.6 Å². The molecule has 3 aromatic rings. The highest BCUT2D eigenvalue weighted by atomic mass is 32.2. The topological polar surface area (TPSA) is 43.1 Å². The van der Waals surface area contributed by atoms with E-state index in [1.807, 2.05) is 60.7 Å². The summed E-state index contributed by atoms with van der Waals surface area (Å²) in [5.74, 6) is 1.29. The van der Waals surface area contributed by atoms with Gasteiger partial charge in [-0.3, -0.25) is 4.79 Å². The van der Waals surface area contributed by atoms with E-state index >= 15 is 0 Å². The molecule has 2 bridgehead atoms. The monoisotopic (exact) mass is 403 g/mol. The molecule has 148 valence electrons. The predicted molar refractivity (Wildman–Crippen MR) is 117 cm³/mol. The number of hydrogen-bond acceptors (Lipinski definition) is 4. The number of benzene rings is 2. The molecule has 0 unspecified atom stereocenters. The molecule has 0 spiro atoms. The number of aromatic nitrogens is 1. The molecule has 1 aromatic heterocycles. The first kappa shape index (κ1) is 18.7. The average Bonchev–Trinajstić information content (AvgIpc) is 3.29. The van der Waals surface area contributed by atoms with Gasteiger partial charge in [-0.05, 0) is 23.7 Å². The summed E-state index contributed by atoms with van der Waals surface area (Å²) in [5, 5.41) is 0.493. The number of fused-ring (bicyclic) bond motifs is 2. The van der Waals surface area contributed by atoms with Crippen LogP contribution in [0.3, 0.4) is 0 Å². The van der Waals surface area contributed by atoms with Gasteiger partial charge in [0.1, 0.15) is 5.69 Å². The van der Waals surface area contributed by atoms with E-state index in [2.05, 4.69) is 20.8 Å². The van der Waals surface area contributed by atoms with Crippen LogP contribution in [0, 0.1) is 16.7 Å². The molecule has 2 saturated carbocycles. The number of rotatable bonds is 4. The highest BCUT2D eigenvalue weighted by Gasteiger charge is 2.66. The molecule has 2 fully saturated rings. The predicted octanol–water partition coefficient (Wildman–Crippen LogP) is 6.49. The van der Waals surface area contributed by atoms with Crippen molar-refractivity contribution in [2.45, 2.75) is 44.1 Å². The molecule has 2 aliphatic carbocycles. The molecule has 3 nitrogen and oxygen atoms in total. The normalized spacial score (nSPS) is 27.5. The molecule has 0 saturated heterocycles. The molecule has 0 aliphatic heterocycles. The quantitative estimate of drug-likeness (QED) is 0.499. The summed E-state index contributed by atoms with van der Waals surface area (Å²) in [6.45, 7) is 6.78. The second-order valence-electron chi connectivity index (χ2n) is 9.02. The van der Waals surface area contributed by atoms with Crippen LogP contribution in [0.2, 0.25) is 0 Å². The van der Waals surface area contributed by atoms with Gasteiger partial charge in [-0.15, -0.1) is 0 Å². The lowest BCUT2D eigenvalue weighted by molar-refractivity contribution is -0.122. The van der Waals surface area contributed by atoms with Crippen molar-refractivity contribution in [3.63, 3.8) is 0 Å². The Hall–Kier alpha value is -2.33. The smallest absolute Gasteiger partial charge is 0.257 e. The fraction of sp³-hybridized carbons (Fsp3) is 0.360. The minimum atomic E-state index is -0.0952. The van der Waals surface area contributed by atoms with E-state index in [9.17, 15) is 4.79 Å². The molecule has 1 heterocycles. The number of nitrogens with zero attached hydrogens (tertiary/aromatic N) is 1. The second kappa shape index (κ2) is 6.60. The van der Waals surface area contributed by atoms with Crippen molar-refractivity contribution in [1.29, 1.82) is 0 Å². The third kappa shape index (κ3) is 2.72. The molecular formula is C25H25NO2S. The van der Waals surface area contributed by atoms with Crippen molar-refractivity contribution in [2.24, 2.45) is 16.7 Å². The second-order valence-corrected chi connectivity index (χ2v) is 10.1. The van der Waals surface area contributed by atoms with Crippen LogP contribution in [0.1, 0.15) is 33.6 Å². The van der Waals surface area contributed by atoms with Gasteiger partial charge in [0.05, 0.1) is 5.25 Å². The lowest BCUT2D eigenvalue weighted by atomic mass is 9.71. The largest absolute Gasteiger partial charge is 0.431 e.